The first-order valence-electron chi connectivity index (χ1n) is 6.29. The van der Waals surface area contributed by atoms with Crippen molar-refractivity contribution in [3.8, 4) is 0 Å². The van der Waals surface area contributed by atoms with Gasteiger partial charge in [-0.25, -0.2) is 13.8 Å². The fraction of sp³-hybridized carbons (Fsp3) is 0.615. The Morgan fingerprint density at radius 3 is 2.17 bits per heavy atom. The van der Waals surface area contributed by atoms with Gasteiger partial charge in [-0.1, -0.05) is 20.8 Å². The lowest BCUT2D eigenvalue weighted by atomic mass is 9.98. The molecule has 0 bridgehead atoms. The van der Waals surface area contributed by atoms with Crippen molar-refractivity contribution in [1.82, 2.24) is 4.98 Å². The van der Waals surface area contributed by atoms with Gasteiger partial charge in [-0.3, -0.25) is 0 Å². The largest absolute Gasteiger partial charge is 0.368 e. The average Bonchev–Trinajstić information content (AvgIpc) is 2.30. The van der Waals surface area contributed by atoms with Gasteiger partial charge in [0.05, 0.1) is 0 Å². The van der Waals surface area contributed by atoms with Crippen LogP contribution in [0.3, 0.4) is 0 Å². The molecule has 3 nitrogen and oxygen atoms in total. The van der Waals surface area contributed by atoms with E-state index in [1.165, 1.54) is 0 Å². The maximum absolute atomic E-state index is 13.5. The maximum Gasteiger partial charge on any atom is 0.168 e. The Morgan fingerprint density at radius 1 is 1.11 bits per heavy atom. The summed E-state index contributed by atoms with van der Waals surface area (Å²) in [6.45, 7) is 9.26. The second kappa shape index (κ2) is 6.52. The summed E-state index contributed by atoms with van der Waals surface area (Å²) in [7, 11) is 0. The summed E-state index contributed by atoms with van der Waals surface area (Å²) in [6, 6.07) is 0.855. The van der Waals surface area contributed by atoms with Crippen LogP contribution in [0.5, 0.6) is 0 Å². The van der Waals surface area contributed by atoms with Crippen molar-refractivity contribution in [2.45, 2.75) is 27.7 Å². The van der Waals surface area contributed by atoms with Crippen molar-refractivity contribution < 1.29 is 8.78 Å². The molecule has 18 heavy (non-hydrogen) atoms. The van der Waals surface area contributed by atoms with E-state index in [0.29, 0.717) is 24.9 Å². The second-order valence-corrected chi connectivity index (χ2v) is 4.78. The molecule has 0 fully saturated rings. The molecule has 0 saturated carbocycles. The van der Waals surface area contributed by atoms with Crippen LogP contribution in [0.4, 0.5) is 20.4 Å². The molecule has 0 aliphatic rings. The van der Waals surface area contributed by atoms with Crippen LogP contribution in [0.15, 0.2) is 6.07 Å². The third-order valence-corrected chi connectivity index (χ3v) is 3.00. The lowest BCUT2D eigenvalue weighted by Crippen LogP contribution is -2.18. The van der Waals surface area contributed by atoms with Gasteiger partial charge in [-0.2, -0.15) is 0 Å². The molecule has 1 rings (SSSR count). The molecular formula is C13H21F2N3. The Hall–Kier alpha value is -1.39. The van der Waals surface area contributed by atoms with Crippen molar-refractivity contribution in [3.05, 3.63) is 17.7 Å². The molecule has 0 aliphatic carbocycles. The fourth-order valence-electron chi connectivity index (χ4n) is 1.38. The number of hydrogen-bond acceptors (Lipinski definition) is 3. The van der Waals surface area contributed by atoms with Gasteiger partial charge in [0.25, 0.3) is 0 Å². The zero-order valence-electron chi connectivity index (χ0n) is 11.3. The van der Waals surface area contributed by atoms with Gasteiger partial charge in [0.1, 0.15) is 0 Å². The standard InChI is InChI=1S/C13H21F2N3/c1-5-16-12-10(14)6-11(15)13(18-12)17-7-9(4)8(2)3/h6,8-9H,5,7H2,1-4H3,(H2,16,17,18). The molecule has 2 N–H and O–H groups in total. The number of halogens is 2. The van der Waals surface area contributed by atoms with E-state index < -0.39 is 11.6 Å². The quantitative estimate of drug-likeness (QED) is 0.819. The van der Waals surface area contributed by atoms with Gasteiger partial charge in [0.15, 0.2) is 23.3 Å². The van der Waals surface area contributed by atoms with Crippen LogP contribution in [0.2, 0.25) is 0 Å². The molecule has 1 aromatic rings. The molecule has 0 radical (unpaired) electrons. The minimum absolute atomic E-state index is 0.0820. The highest BCUT2D eigenvalue weighted by molar-refractivity contribution is 5.47. The van der Waals surface area contributed by atoms with E-state index in [1.54, 1.807) is 0 Å². The molecule has 0 aromatic carbocycles. The first-order chi connectivity index (χ1) is 8.45. The molecule has 1 heterocycles. The summed E-state index contributed by atoms with van der Waals surface area (Å²) in [4.78, 5) is 3.92. The van der Waals surface area contributed by atoms with Crippen LogP contribution in [0, 0.1) is 23.5 Å². The van der Waals surface area contributed by atoms with E-state index in [9.17, 15) is 8.78 Å². The third kappa shape index (κ3) is 3.82. The summed E-state index contributed by atoms with van der Waals surface area (Å²) in [5.41, 5.74) is 0. The fourth-order valence-corrected chi connectivity index (χ4v) is 1.38. The minimum Gasteiger partial charge on any atom is -0.368 e. The molecule has 1 aromatic heterocycles. The molecule has 0 aliphatic heterocycles. The second-order valence-electron chi connectivity index (χ2n) is 4.78. The number of aromatic nitrogens is 1. The van der Waals surface area contributed by atoms with Crippen LogP contribution in [0.1, 0.15) is 27.7 Å². The lowest BCUT2D eigenvalue weighted by molar-refractivity contribution is 0.438. The number of anilines is 2. The molecule has 1 atom stereocenters. The topological polar surface area (TPSA) is 37.0 Å². The SMILES string of the molecule is CCNc1nc(NCC(C)C(C)C)c(F)cc1F. The molecule has 0 amide bonds. The lowest BCUT2D eigenvalue weighted by Gasteiger charge is -2.17. The molecule has 0 spiro atoms. The van der Waals surface area contributed by atoms with Crippen LogP contribution < -0.4 is 10.6 Å². The minimum atomic E-state index is -0.670. The number of hydrogen-bond donors (Lipinski definition) is 2. The van der Waals surface area contributed by atoms with Gasteiger partial charge in [-0.15, -0.1) is 0 Å². The summed E-state index contributed by atoms with van der Waals surface area (Å²) in [6.07, 6.45) is 0. The van der Waals surface area contributed by atoms with Crippen molar-refractivity contribution in [2.75, 3.05) is 23.7 Å². The highest BCUT2D eigenvalue weighted by Gasteiger charge is 2.13. The first-order valence-corrected chi connectivity index (χ1v) is 6.29. The van der Waals surface area contributed by atoms with Gasteiger partial charge in [0, 0.05) is 19.2 Å². The predicted octanol–water partition coefficient (Wildman–Crippen LogP) is 3.50. The van der Waals surface area contributed by atoms with Gasteiger partial charge >= 0.3 is 0 Å². The first kappa shape index (κ1) is 14.7. The number of nitrogens with one attached hydrogen (secondary N) is 2. The summed E-state index contributed by atoms with van der Waals surface area (Å²) in [5, 5.41) is 5.69. The smallest absolute Gasteiger partial charge is 0.168 e. The van der Waals surface area contributed by atoms with Crippen LogP contribution in [-0.4, -0.2) is 18.1 Å². The monoisotopic (exact) mass is 257 g/mol. The van der Waals surface area contributed by atoms with E-state index in [-0.39, 0.29) is 11.6 Å². The Bertz CT molecular complexity index is 394. The Morgan fingerprint density at radius 2 is 1.67 bits per heavy atom. The van der Waals surface area contributed by atoms with E-state index >= 15 is 0 Å². The summed E-state index contributed by atoms with van der Waals surface area (Å²) < 4.78 is 26.9. The van der Waals surface area contributed by atoms with Crippen LogP contribution in [-0.2, 0) is 0 Å². The van der Waals surface area contributed by atoms with Crippen molar-refractivity contribution in [2.24, 2.45) is 11.8 Å². The molecule has 102 valence electrons. The van der Waals surface area contributed by atoms with E-state index in [4.69, 9.17) is 0 Å². The maximum atomic E-state index is 13.5. The average molecular weight is 257 g/mol. The Balaban J connectivity index is 2.78. The van der Waals surface area contributed by atoms with Crippen molar-refractivity contribution >= 4 is 11.6 Å². The zero-order valence-corrected chi connectivity index (χ0v) is 11.3. The van der Waals surface area contributed by atoms with E-state index in [1.807, 2.05) is 6.92 Å². The van der Waals surface area contributed by atoms with Crippen LogP contribution >= 0.6 is 0 Å². The highest BCUT2D eigenvalue weighted by atomic mass is 19.1. The third-order valence-electron chi connectivity index (χ3n) is 3.00. The van der Waals surface area contributed by atoms with Crippen LogP contribution in [0.25, 0.3) is 0 Å². The molecule has 5 heteroatoms. The van der Waals surface area contributed by atoms with Gasteiger partial charge in [0.2, 0.25) is 0 Å². The van der Waals surface area contributed by atoms with E-state index in [0.717, 1.165) is 6.07 Å². The summed E-state index contributed by atoms with van der Waals surface area (Å²) in [5.74, 6) is -0.270. The Kier molecular flexibility index (Phi) is 5.31. The molecule has 1 unspecified atom stereocenters. The molecule has 0 saturated heterocycles. The Labute approximate surface area is 107 Å². The normalized spacial score (nSPS) is 12.6. The zero-order chi connectivity index (χ0) is 13.7. The predicted molar refractivity (Wildman–Crippen MR) is 70.8 cm³/mol. The number of pyridine rings is 1. The van der Waals surface area contributed by atoms with Gasteiger partial charge in [-0.05, 0) is 18.8 Å². The van der Waals surface area contributed by atoms with Crippen molar-refractivity contribution in [1.29, 1.82) is 0 Å². The number of nitrogens with zero attached hydrogens (tertiary/aromatic N) is 1. The van der Waals surface area contributed by atoms with E-state index in [2.05, 4.69) is 36.4 Å². The van der Waals surface area contributed by atoms with Crippen molar-refractivity contribution in [3.63, 3.8) is 0 Å². The summed E-state index contributed by atoms with van der Waals surface area (Å²) >= 11 is 0. The number of rotatable bonds is 6. The van der Waals surface area contributed by atoms with Gasteiger partial charge < -0.3 is 10.6 Å². The molecular weight excluding hydrogens is 236 g/mol. The highest BCUT2D eigenvalue weighted by Crippen LogP contribution is 2.20.